The van der Waals surface area contributed by atoms with Crippen LogP contribution in [0, 0.1) is 6.92 Å². The molecular formula is C19H18Br4N2O3. The van der Waals surface area contributed by atoms with Crippen molar-refractivity contribution in [1.82, 2.24) is 5.43 Å². The molecule has 0 radical (unpaired) electrons. The first-order chi connectivity index (χ1) is 13.1. The van der Waals surface area contributed by atoms with Crippen LogP contribution < -0.4 is 10.2 Å². The Balaban J connectivity index is 2.04. The minimum absolute atomic E-state index is 0.103. The molecule has 9 heteroatoms. The van der Waals surface area contributed by atoms with Crippen LogP contribution >= 0.6 is 63.7 Å². The number of halogens is 4. The fourth-order valence-electron chi connectivity index (χ4n) is 2.30. The van der Waals surface area contributed by atoms with E-state index >= 15 is 0 Å². The van der Waals surface area contributed by atoms with Gasteiger partial charge in [-0.2, -0.15) is 5.10 Å². The van der Waals surface area contributed by atoms with Crippen LogP contribution in [0.3, 0.4) is 0 Å². The number of aromatic hydroxyl groups is 1. The molecule has 2 N–H and O–H groups in total. The molecule has 150 valence electrons. The lowest BCUT2D eigenvalue weighted by Crippen LogP contribution is -2.25. The van der Waals surface area contributed by atoms with Crippen LogP contribution in [0.4, 0.5) is 0 Å². The van der Waals surface area contributed by atoms with E-state index in [4.69, 9.17) is 4.74 Å². The van der Waals surface area contributed by atoms with Crippen molar-refractivity contribution in [2.75, 3.05) is 6.61 Å². The van der Waals surface area contributed by atoms with Crippen molar-refractivity contribution in [2.24, 2.45) is 5.10 Å². The van der Waals surface area contributed by atoms with E-state index in [9.17, 15) is 9.90 Å². The van der Waals surface area contributed by atoms with Gasteiger partial charge in [0.05, 0.1) is 19.6 Å². The first-order valence-electron chi connectivity index (χ1n) is 8.23. The zero-order valence-corrected chi connectivity index (χ0v) is 21.7. The minimum Gasteiger partial charge on any atom is -0.506 e. The zero-order valence-electron chi connectivity index (χ0n) is 15.3. The Kier molecular flexibility index (Phi) is 8.54. The fraction of sp³-hybridized carbons (Fsp3) is 0.263. The number of hydrogen-bond donors (Lipinski definition) is 2. The molecule has 0 aliphatic carbocycles. The second-order valence-corrected chi connectivity index (χ2v) is 9.64. The number of phenols is 1. The second kappa shape index (κ2) is 10.2. The Labute approximate surface area is 197 Å². The molecule has 0 unspecified atom stereocenters. The quantitative estimate of drug-likeness (QED) is 0.283. The third-order valence-electron chi connectivity index (χ3n) is 3.84. The normalized spacial score (nSPS) is 11.3. The van der Waals surface area contributed by atoms with E-state index in [-0.39, 0.29) is 24.2 Å². The smallest absolute Gasteiger partial charge is 0.277 e. The molecule has 0 aliphatic rings. The van der Waals surface area contributed by atoms with Crippen molar-refractivity contribution in [3.8, 4) is 11.5 Å². The van der Waals surface area contributed by atoms with Crippen LogP contribution in [0.2, 0.25) is 0 Å². The molecular weight excluding hydrogens is 624 g/mol. The van der Waals surface area contributed by atoms with Gasteiger partial charge >= 0.3 is 0 Å². The summed E-state index contributed by atoms with van der Waals surface area (Å²) in [7, 11) is 0. The van der Waals surface area contributed by atoms with E-state index in [0.29, 0.717) is 20.3 Å². The number of benzene rings is 2. The molecule has 0 saturated heterocycles. The largest absolute Gasteiger partial charge is 0.506 e. The number of hydrazone groups is 1. The van der Waals surface area contributed by atoms with Crippen molar-refractivity contribution in [3.63, 3.8) is 0 Å². The van der Waals surface area contributed by atoms with E-state index in [1.165, 1.54) is 6.21 Å². The topological polar surface area (TPSA) is 70.9 Å². The molecule has 0 aromatic heterocycles. The maximum Gasteiger partial charge on any atom is 0.277 e. The fourth-order valence-corrected chi connectivity index (χ4v) is 4.79. The van der Waals surface area contributed by atoms with Gasteiger partial charge in [-0.05, 0) is 95.5 Å². The summed E-state index contributed by atoms with van der Waals surface area (Å²) >= 11 is 13.6. The standard InChI is InChI=1S/C19H18Br4N2O3/c1-9(2)12-6-13(20)10(3)17(23)19(12)28-8-16(26)25-24-7-11-4-14(21)18(27)15(22)5-11/h4-7,9,27H,8H2,1-3H3,(H,25,26)/b24-7+. The molecule has 2 aromatic carbocycles. The highest BCUT2D eigenvalue weighted by atomic mass is 79.9. The molecule has 0 spiro atoms. The minimum atomic E-state index is -0.379. The summed E-state index contributed by atoms with van der Waals surface area (Å²) in [4.78, 5) is 12.1. The summed E-state index contributed by atoms with van der Waals surface area (Å²) in [5.41, 5.74) is 5.14. The molecule has 0 atom stereocenters. The van der Waals surface area contributed by atoms with Gasteiger partial charge in [-0.25, -0.2) is 5.43 Å². The molecule has 0 saturated carbocycles. The Bertz CT molecular complexity index is 907. The Hall–Kier alpha value is -0.900. The van der Waals surface area contributed by atoms with Gasteiger partial charge in [0, 0.05) is 4.47 Å². The van der Waals surface area contributed by atoms with Gasteiger partial charge in [-0.15, -0.1) is 0 Å². The number of hydrogen-bond acceptors (Lipinski definition) is 4. The lowest BCUT2D eigenvalue weighted by Gasteiger charge is -2.18. The lowest BCUT2D eigenvalue weighted by molar-refractivity contribution is -0.123. The monoisotopic (exact) mass is 638 g/mol. The van der Waals surface area contributed by atoms with Gasteiger partial charge in [0.15, 0.2) is 6.61 Å². The predicted octanol–water partition coefficient (Wildman–Crippen LogP) is 6.40. The van der Waals surface area contributed by atoms with E-state index in [1.807, 2.05) is 13.0 Å². The first-order valence-corrected chi connectivity index (χ1v) is 11.4. The van der Waals surface area contributed by atoms with Crippen molar-refractivity contribution in [3.05, 3.63) is 52.8 Å². The molecule has 0 fully saturated rings. The van der Waals surface area contributed by atoms with Crippen LogP contribution in [0.25, 0.3) is 0 Å². The van der Waals surface area contributed by atoms with Gasteiger partial charge in [-0.1, -0.05) is 29.8 Å². The number of nitrogens with one attached hydrogen (secondary N) is 1. The average Bonchev–Trinajstić information content (AvgIpc) is 2.63. The number of ether oxygens (including phenoxy) is 1. The molecule has 28 heavy (non-hydrogen) atoms. The van der Waals surface area contributed by atoms with E-state index < -0.39 is 0 Å². The summed E-state index contributed by atoms with van der Waals surface area (Å²) in [5.74, 6) is 0.609. The second-order valence-electron chi connectivity index (χ2n) is 6.29. The molecule has 2 aromatic rings. The molecule has 0 heterocycles. The summed E-state index contributed by atoms with van der Waals surface area (Å²) in [6.45, 7) is 5.92. The maximum atomic E-state index is 12.1. The zero-order chi connectivity index (χ0) is 21.0. The highest BCUT2D eigenvalue weighted by Gasteiger charge is 2.17. The molecule has 2 rings (SSSR count). The Morgan fingerprint density at radius 1 is 1.18 bits per heavy atom. The number of rotatable bonds is 6. The predicted molar refractivity (Wildman–Crippen MR) is 125 cm³/mol. The van der Waals surface area contributed by atoms with Crippen LogP contribution in [-0.2, 0) is 4.79 Å². The average molecular weight is 642 g/mol. The number of nitrogens with zero attached hydrogens (tertiary/aromatic N) is 1. The highest BCUT2D eigenvalue weighted by Crippen LogP contribution is 2.40. The SMILES string of the molecule is Cc1c(Br)cc(C(C)C)c(OCC(=O)N/N=C/c2cc(Br)c(O)c(Br)c2)c1Br. The molecule has 5 nitrogen and oxygen atoms in total. The summed E-state index contributed by atoms with van der Waals surface area (Å²) in [6, 6.07) is 5.38. The van der Waals surface area contributed by atoms with Crippen LogP contribution in [0.5, 0.6) is 11.5 Å². The van der Waals surface area contributed by atoms with Crippen LogP contribution in [0.1, 0.15) is 36.5 Å². The number of amides is 1. The van der Waals surface area contributed by atoms with Crippen molar-refractivity contribution < 1.29 is 14.6 Å². The van der Waals surface area contributed by atoms with Crippen LogP contribution in [-0.4, -0.2) is 23.8 Å². The van der Waals surface area contributed by atoms with Gasteiger partial charge < -0.3 is 9.84 Å². The Morgan fingerprint density at radius 2 is 1.79 bits per heavy atom. The van der Waals surface area contributed by atoms with Gasteiger partial charge in [0.25, 0.3) is 5.91 Å². The van der Waals surface area contributed by atoms with Gasteiger partial charge in [0.2, 0.25) is 0 Å². The first kappa shape index (κ1) is 23.4. The van der Waals surface area contributed by atoms with E-state index in [0.717, 1.165) is 20.1 Å². The molecule has 0 bridgehead atoms. The van der Waals surface area contributed by atoms with E-state index in [1.54, 1.807) is 12.1 Å². The number of carbonyl (C=O) groups is 1. The van der Waals surface area contributed by atoms with Gasteiger partial charge in [-0.3, -0.25) is 4.79 Å². The molecule has 1 amide bonds. The maximum absolute atomic E-state index is 12.1. The third kappa shape index (κ3) is 5.81. The van der Waals surface area contributed by atoms with Crippen molar-refractivity contribution >= 4 is 75.8 Å². The van der Waals surface area contributed by atoms with Gasteiger partial charge in [0.1, 0.15) is 11.5 Å². The van der Waals surface area contributed by atoms with E-state index in [2.05, 4.69) is 88.1 Å². The highest BCUT2D eigenvalue weighted by molar-refractivity contribution is 9.11. The summed E-state index contributed by atoms with van der Waals surface area (Å²) in [5, 5.41) is 13.6. The number of phenolic OH excluding ortho intramolecular Hbond substituents is 1. The van der Waals surface area contributed by atoms with Crippen molar-refractivity contribution in [1.29, 1.82) is 0 Å². The third-order valence-corrected chi connectivity index (χ3v) is 6.83. The van der Waals surface area contributed by atoms with Crippen LogP contribution in [0.15, 0.2) is 41.2 Å². The molecule has 0 aliphatic heterocycles. The number of carbonyl (C=O) groups excluding carboxylic acids is 1. The lowest BCUT2D eigenvalue weighted by atomic mass is 10.0. The van der Waals surface area contributed by atoms with Crippen molar-refractivity contribution in [2.45, 2.75) is 26.7 Å². The Morgan fingerprint density at radius 3 is 2.36 bits per heavy atom. The summed E-state index contributed by atoms with van der Waals surface area (Å²) < 4.78 is 8.63. The summed E-state index contributed by atoms with van der Waals surface area (Å²) in [6.07, 6.45) is 1.48.